The van der Waals surface area contributed by atoms with E-state index in [4.69, 9.17) is 4.98 Å². The number of phenols is 1. The Labute approximate surface area is 140 Å². The second-order valence-corrected chi connectivity index (χ2v) is 6.34. The molecule has 0 saturated carbocycles. The molecule has 1 atom stereocenters. The minimum atomic E-state index is 0.0525. The minimum Gasteiger partial charge on any atom is -0.508 e. The second-order valence-electron chi connectivity index (χ2n) is 6.34. The number of phenolic OH excluding ortho intramolecular Hbond substituents is 1. The predicted octanol–water partition coefficient (Wildman–Crippen LogP) is 3.11. The number of imidazole rings is 1. The van der Waals surface area contributed by atoms with Crippen LogP contribution in [0.3, 0.4) is 0 Å². The Hall–Kier alpha value is -2.82. The van der Waals surface area contributed by atoms with Crippen molar-refractivity contribution in [2.45, 2.75) is 19.3 Å². The normalized spacial score (nSPS) is 17.8. The smallest absolute Gasteiger partial charge is 0.227 e. The fourth-order valence-electron chi connectivity index (χ4n) is 3.55. The predicted molar refractivity (Wildman–Crippen MR) is 93.3 cm³/mol. The van der Waals surface area contributed by atoms with Crippen molar-refractivity contribution in [2.24, 2.45) is 7.05 Å². The molecule has 2 heterocycles. The Morgan fingerprint density at radius 2 is 1.96 bits per heavy atom. The third-order valence-corrected chi connectivity index (χ3v) is 4.88. The van der Waals surface area contributed by atoms with E-state index in [-0.39, 0.29) is 17.6 Å². The van der Waals surface area contributed by atoms with Crippen molar-refractivity contribution in [3.63, 3.8) is 0 Å². The molecule has 1 aliphatic rings. The van der Waals surface area contributed by atoms with Crippen LogP contribution in [0.5, 0.6) is 5.75 Å². The van der Waals surface area contributed by atoms with Crippen LogP contribution in [0.15, 0.2) is 42.5 Å². The monoisotopic (exact) mass is 321 g/mol. The van der Waals surface area contributed by atoms with Gasteiger partial charge in [-0.2, -0.15) is 0 Å². The number of carbonyl (C=O) groups is 1. The Bertz CT molecular complexity index is 945. The lowest BCUT2D eigenvalue weighted by Gasteiger charge is -2.19. The van der Waals surface area contributed by atoms with Crippen molar-refractivity contribution in [3.8, 4) is 5.75 Å². The molecule has 1 aromatic heterocycles. The van der Waals surface area contributed by atoms with E-state index in [1.54, 1.807) is 17.0 Å². The van der Waals surface area contributed by atoms with Gasteiger partial charge in [0.05, 0.1) is 16.7 Å². The number of aromatic nitrogens is 2. The number of para-hydroxylation sites is 2. The molecule has 1 amide bonds. The highest BCUT2D eigenvalue weighted by Gasteiger charge is 2.35. The molecule has 0 aliphatic carbocycles. The number of rotatable bonds is 2. The van der Waals surface area contributed by atoms with E-state index in [1.807, 2.05) is 44.3 Å². The lowest BCUT2D eigenvalue weighted by molar-refractivity contribution is -0.117. The van der Waals surface area contributed by atoms with Crippen LogP contribution in [0, 0.1) is 6.92 Å². The summed E-state index contributed by atoms with van der Waals surface area (Å²) in [6.07, 6.45) is 0.437. The van der Waals surface area contributed by atoms with Crippen molar-refractivity contribution >= 4 is 22.6 Å². The molecule has 3 aromatic rings. The van der Waals surface area contributed by atoms with Crippen LogP contribution in [0.2, 0.25) is 0 Å². The number of aryl methyl sites for hydroxylation is 1. The van der Waals surface area contributed by atoms with Gasteiger partial charge in [-0.25, -0.2) is 4.98 Å². The van der Waals surface area contributed by atoms with E-state index in [9.17, 15) is 9.90 Å². The van der Waals surface area contributed by atoms with Crippen LogP contribution < -0.4 is 4.90 Å². The van der Waals surface area contributed by atoms with E-state index in [2.05, 4.69) is 4.57 Å². The van der Waals surface area contributed by atoms with Gasteiger partial charge in [-0.05, 0) is 31.2 Å². The first kappa shape index (κ1) is 14.8. The Morgan fingerprint density at radius 1 is 1.17 bits per heavy atom. The van der Waals surface area contributed by atoms with Crippen LogP contribution in [-0.2, 0) is 11.8 Å². The van der Waals surface area contributed by atoms with Crippen molar-refractivity contribution in [2.75, 3.05) is 11.4 Å². The topological polar surface area (TPSA) is 58.4 Å². The van der Waals surface area contributed by atoms with Crippen LogP contribution in [0.25, 0.3) is 11.0 Å². The number of anilines is 1. The van der Waals surface area contributed by atoms with Crippen LogP contribution in [0.4, 0.5) is 5.69 Å². The first-order valence-corrected chi connectivity index (χ1v) is 8.06. The molecule has 122 valence electrons. The quantitative estimate of drug-likeness (QED) is 0.789. The highest BCUT2D eigenvalue weighted by molar-refractivity contribution is 5.97. The van der Waals surface area contributed by atoms with E-state index < -0.39 is 0 Å². The number of amides is 1. The molecule has 1 aliphatic heterocycles. The zero-order valence-corrected chi connectivity index (χ0v) is 13.7. The lowest BCUT2D eigenvalue weighted by Crippen LogP contribution is -2.25. The summed E-state index contributed by atoms with van der Waals surface area (Å²) < 4.78 is 2.08. The highest BCUT2D eigenvalue weighted by atomic mass is 16.3. The molecule has 2 aromatic carbocycles. The molecule has 1 fully saturated rings. The first-order chi connectivity index (χ1) is 11.6. The standard InChI is InChI=1S/C19H19N3O2/c1-12-15(8-5-9-17(12)23)22-11-13(10-18(22)24)19-20-14-6-3-4-7-16(14)21(19)2/h3-9,13,23H,10-11H2,1-2H3. The number of carbonyl (C=O) groups excluding carboxylic acids is 1. The second kappa shape index (κ2) is 5.37. The van der Waals surface area contributed by atoms with Gasteiger partial charge >= 0.3 is 0 Å². The zero-order valence-electron chi connectivity index (χ0n) is 13.7. The molecule has 0 bridgehead atoms. The molecule has 1 N–H and O–H groups in total. The van der Waals surface area contributed by atoms with Gasteiger partial charge in [0, 0.05) is 31.5 Å². The van der Waals surface area contributed by atoms with Gasteiger partial charge in [-0.3, -0.25) is 4.79 Å². The number of benzene rings is 2. The minimum absolute atomic E-state index is 0.0525. The van der Waals surface area contributed by atoms with Gasteiger partial charge in [-0.1, -0.05) is 18.2 Å². The van der Waals surface area contributed by atoms with Gasteiger partial charge < -0.3 is 14.6 Å². The molecule has 0 spiro atoms. The third-order valence-electron chi connectivity index (χ3n) is 4.88. The largest absolute Gasteiger partial charge is 0.508 e. The molecule has 1 saturated heterocycles. The number of nitrogens with zero attached hydrogens (tertiary/aromatic N) is 3. The van der Waals surface area contributed by atoms with Crippen LogP contribution in [-0.4, -0.2) is 27.1 Å². The number of aromatic hydroxyl groups is 1. The van der Waals surface area contributed by atoms with Gasteiger partial charge in [-0.15, -0.1) is 0 Å². The highest BCUT2D eigenvalue weighted by Crippen LogP contribution is 2.36. The van der Waals surface area contributed by atoms with Gasteiger partial charge in [0.2, 0.25) is 5.91 Å². The first-order valence-electron chi connectivity index (χ1n) is 8.06. The average Bonchev–Trinajstić information content (AvgIpc) is 3.11. The van der Waals surface area contributed by atoms with Crippen LogP contribution in [0.1, 0.15) is 23.7 Å². The summed E-state index contributed by atoms with van der Waals surface area (Å²) >= 11 is 0. The van der Waals surface area contributed by atoms with Gasteiger partial charge in [0.15, 0.2) is 0 Å². The maximum absolute atomic E-state index is 12.6. The Balaban J connectivity index is 1.71. The Kier molecular flexibility index (Phi) is 3.30. The Morgan fingerprint density at radius 3 is 2.75 bits per heavy atom. The summed E-state index contributed by atoms with van der Waals surface area (Å²) in [4.78, 5) is 19.1. The molecular formula is C19H19N3O2. The summed E-state index contributed by atoms with van der Waals surface area (Å²) in [6.45, 7) is 2.42. The van der Waals surface area contributed by atoms with Gasteiger partial charge in [0.1, 0.15) is 11.6 Å². The summed E-state index contributed by atoms with van der Waals surface area (Å²) in [7, 11) is 2.00. The molecular weight excluding hydrogens is 302 g/mol. The number of fused-ring (bicyclic) bond motifs is 1. The number of hydrogen-bond acceptors (Lipinski definition) is 3. The maximum atomic E-state index is 12.6. The SMILES string of the molecule is Cc1c(O)cccc1N1CC(c2nc3ccccc3n2C)CC1=O. The zero-order chi connectivity index (χ0) is 16.8. The van der Waals surface area contributed by atoms with E-state index in [1.165, 1.54) is 0 Å². The summed E-state index contributed by atoms with van der Waals surface area (Å²) in [5, 5.41) is 9.91. The fourth-order valence-corrected chi connectivity index (χ4v) is 3.55. The molecule has 5 heteroatoms. The maximum Gasteiger partial charge on any atom is 0.227 e. The molecule has 5 nitrogen and oxygen atoms in total. The van der Waals surface area contributed by atoms with Crippen LogP contribution >= 0.6 is 0 Å². The summed E-state index contributed by atoms with van der Waals surface area (Å²) in [5.74, 6) is 1.27. The van der Waals surface area contributed by atoms with Gasteiger partial charge in [0.25, 0.3) is 0 Å². The summed E-state index contributed by atoms with van der Waals surface area (Å²) in [6, 6.07) is 13.3. The third kappa shape index (κ3) is 2.16. The summed E-state index contributed by atoms with van der Waals surface area (Å²) in [5.41, 5.74) is 3.54. The lowest BCUT2D eigenvalue weighted by atomic mass is 10.1. The van der Waals surface area contributed by atoms with Crippen molar-refractivity contribution in [1.82, 2.24) is 9.55 Å². The van der Waals surface area contributed by atoms with E-state index in [0.29, 0.717) is 13.0 Å². The van der Waals surface area contributed by atoms with Crippen molar-refractivity contribution < 1.29 is 9.90 Å². The van der Waals surface area contributed by atoms with E-state index in [0.717, 1.165) is 28.1 Å². The molecule has 24 heavy (non-hydrogen) atoms. The molecule has 0 radical (unpaired) electrons. The van der Waals surface area contributed by atoms with E-state index >= 15 is 0 Å². The number of hydrogen-bond donors (Lipinski definition) is 1. The average molecular weight is 321 g/mol. The van der Waals surface area contributed by atoms with Crippen molar-refractivity contribution in [1.29, 1.82) is 0 Å². The fraction of sp³-hybridized carbons (Fsp3) is 0.263. The molecule has 1 unspecified atom stereocenters. The molecule has 4 rings (SSSR count). The van der Waals surface area contributed by atoms with Crippen molar-refractivity contribution in [3.05, 3.63) is 53.9 Å².